The predicted octanol–water partition coefficient (Wildman–Crippen LogP) is -1.16. The Kier molecular flexibility index (Phi) is 4.15. The van der Waals surface area contributed by atoms with Crippen LogP contribution in [0.5, 0.6) is 0 Å². The lowest BCUT2D eigenvalue weighted by molar-refractivity contribution is -0.159. The molecule has 2 rings (SSSR count). The summed E-state index contributed by atoms with van der Waals surface area (Å²) in [5.74, 6) is -1.29. The SMILES string of the molecule is O=C(O)[C@H]1CC[C@@H](C(=O)N2CCOCC2CO)O1. The maximum atomic E-state index is 12.2. The Morgan fingerprint density at radius 2 is 2.00 bits per heavy atom. The number of nitrogens with zero attached hydrogens (tertiary/aromatic N) is 1. The second kappa shape index (κ2) is 5.64. The fraction of sp³-hybridized carbons (Fsp3) is 0.818. The second-order valence-electron chi connectivity index (χ2n) is 4.47. The van der Waals surface area contributed by atoms with Gasteiger partial charge in [0.2, 0.25) is 0 Å². The zero-order valence-corrected chi connectivity index (χ0v) is 9.95. The molecular weight excluding hydrogens is 242 g/mol. The van der Waals surface area contributed by atoms with Gasteiger partial charge in [0.05, 0.1) is 25.9 Å². The van der Waals surface area contributed by atoms with Gasteiger partial charge < -0.3 is 24.6 Å². The van der Waals surface area contributed by atoms with Gasteiger partial charge in [0.1, 0.15) is 6.10 Å². The van der Waals surface area contributed by atoms with Gasteiger partial charge in [-0.3, -0.25) is 4.79 Å². The van der Waals surface area contributed by atoms with Crippen LogP contribution in [0.1, 0.15) is 12.8 Å². The number of carbonyl (C=O) groups excluding carboxylic acids is 1. The number of carbonyl (C=O) groups is 2. The van der Waals surface area contributed by atoms with E-state index in [-0.39, 0.29) is 18.6 Å². The lowest BCUT2D eigenvalue weighted by Crippen LogP contribution is -2.53. The molecule has 7 heteroatoms. The van der Waals surface area contributed by atoms with Crippen molar-refractivity contribution in [3.63, 3.8) is 0 Å². The Labute approximate surface area is 104 Å². The Morgan fingerprint density at radius 1 is 1.28 bits per heavy atom. The van der Waals surface area contributed by atoms with Crippen LogP contribution in [0.3, 0.4) is 0 Å². The monoisotopic (exact) mass is 259 g/mol. The van der Waals surface area contributed by atoms with E-state index in [1.54, 1.807) is 0 Å². The van der Waals surface area contributed by atoms with E-state index < -0.39 is 18.2 Å². The van der Waals surface area contributed by atoms with E-state index >= 15 is 0 Å². The summed E-state index contributed by atoms with van der Waals surface area (Å²) in [5, 5.41) is 18.0. The van der Waals surface area contributed by atoms with Crippen molar-refractivity contribution in [1.82, 2.24) is 4.90 Å². The fourth-order valence-electron chi connectivity index (χ4n) is 2.28. The third-order valence-electron chi connectivity index (χ3n) is 3.29. The number of hydrogen-bond donors (Lipinski definition) is 2. The molecule has 7 nitrogen and oxygen atoms in total. The van der Waals surface area contributed by atoms with E-state index in [4.69, 9.17) is 14.6 Å². The van der Waals surface area contributed by atoms with E-state index in [0.29, 0.717) is 32.6 Å². The number of hydrogen-bond acceptors (Lipinski definition) is 5. The van der Waals surface area contributed by atoms with Crippen LogP contribution < -0.4 is 0 Å². The lowest BCUT2D eigenvalue weighted by Gasteiger charge is -2.35. The summed E-state index contributed by atoms with van der Waals surface area (Å²) in [6, 6.07) is -0.362. The minimum atomic E-state index is -1.04. The molecule has 2 heterocycles. The molecule has 1 amide bonds. The Balaban J connectivity index is 1.96. The van der Waals surface area contributed by atoms with Gasteiger partial charge in [0, 0.05) is 6.54 Å². The number of rotatable bonds is 3. The summed E-state index contributed by atoms with van der Waals surface area (Å²) in [4.78, 5) is 24.5. The molecule has 0 bridgehead atoms. The van der Waals surface area contributed by atoms with Gasteiger partial charge in [-0.05, 0) is 12.8 Å². The smallest absolute Gasteiger partial charge is 0.332 e. The van der Waals surface area contributed by atoms with Crippen LogP contribution in [0.25, 0.3) is 0 Å². The number of ether oxygens (including phenoxy) is 2. The van der Waals surface area contributed by atoms with E-state index in [0.717, 1.165) is 0 Å². The van der Waals surface area contributed by atoms with Crippen molar-refractivity contribution < 1.29 is 29.3 Å². The van der Waals surface area contributed by atoms with Crippen molar-refractivity contribution in [1.29, 1.82) is 0 Å². The molecule has 0 radical (unpaired) electrons. The van der Waals surface area contributed by atoms with Crippen LogP contribution >= 0.6 is 0 Å². The largest absolute Gasteiger partial charge is 0.479 e. The summed E-state index contributed by atoms with van der Waals surface area (Å²) < 4.78 is 10.4. The average Bonchev–Trinajstić information content (AvgIpc) is 2.87. The molecule has 18 heavy (non-hydrogen) atoms. The van der Waals surface area contributed by atoms with E-state index in [2.05, 4.69) is 0 Å². The quantitative estimate of drug-likeness (QED) is 0.663. The highest BCUT2D eigenvalue weighted by Crippen LogP contribution is 2.23. The van der Waals surface area contributed by atoms with Crippen LogP contribution in [-0.4, -0.2) is 71.6 Å². The van der Waals surface area contributed by atoms with Gasteiger partial charge in [-0.2, -0.15) is 0 Å². The van der Waals surface area contributed by atoms with Crippen LogP contribution in [0.4, 0.5) is 0 Å². The maximum Gasteiger partial charge on any atom is 0.332 e. The topological polar surface area (TPSA) is 96.3 Å². The lowest BCUT2D eigenvalue weighted by atomic mass is 10.1. The highest BCUT2D eigenvalue weighted by atomic mass is 16.5. The van der Waals surface area contributed by atoms with E-state index in [1.807, 2.05) is 0 Å². The first-order chi connectivity index (χ1) is 8.63. The molecule has 0 aromatic carbocycles. The first kappa shape index (κ1) is 13.3. The zero-order valence-electron chi connectivity index (χ0n) is 9.95. The first-order valence-electron chi connectivity index (χ1n) is 6.01. The van der Waals surface area contributed by atoms with Crippen LogP contribution in [0.2, 0.25) is 0 Å². The average molecular weight is 259 g/mol. The van der Waals surface area contributed by atoms with Gasteiger partial charge in [-0.15, -0.1) is 0 Å². The molecule has 0 aromatic rings. The number of amides is 1. The molecule has 2 N–H and O–H groups in total. The standard InChI is InChI=1S/C11H17NO6/c13-5-7-6-17-4-3-12(7)10(14)8-1-2-9(18-8)11(15)16/h7-9,13H,1-6H2,(H,15,16)/t7?,8-,9+/m0/s1. The van der Waals surface area contributed by atoms with Crippen LogP contribution in [-0.2, 0) is 19.1 Å². The van der Waals surface area contributed by atoms with Gasteiger partial charge in [0.15, 0.2) is 6.10 Å². The fourth-order valence-corrected chi connectivity index (χ4v) is 2.28. The summed E-state index contributed by atoms with van der Waals surface area (Å²) in [6.07, 6.45) is -0.851. The van der Waals surface area contributed by atoms with Crippen LogP contribution in [0.15, 0.2) is 0 Å². The van der Waals surface area contributed by atoms with Crippen molar-refractivity contribution in [3.05, 3.63) is 0 Å². The van der Waals surface area contributed by atoms with Gasteiger partial charge in [-0.25, -0.2) is 4.79 Å². The Hall–Kier alpha value is -1.18. The molecular formula is C11H17NO6. The number of carboxylic acids is 1. The van der Waals surface area contributed by atoms with Gasteiger partial charge >= 0.3 is 5.97 Å². The highest BCUT2D eigenvalue weighted by Gasteiger charge is 2.39. The van der Waals surface area contributed by atoms with E-state index in [1.165, 1.54) is 4.90 Å². The normalized spacial score (nSPS) is 32.5. The molecule has 2 saturated heterocycles. The Morgan fingerprint density at radius 3 is 2.61 bits per heavy atom. The number of aliphatic carboxylic acids is 1. The number of morpholine rings is 1. The third kappa shape index (κ3) is 2.63. The number of aliphatic hydroxyl groups excluding tert-OH is 1. The summed E-state index contributed by atoms with van der Waals surface area (Å²) in [6.45, 7) is 0.969. The summed E-state index contributed by atoms with van der Waals surface area (Å²) in [5.41, 5.74) is 0. The second-order valence-corrected chi connectivity index (χ2v) is 4.47. The molecule has 2 aliphatic rings. The summed E-state index contributed by atoms with van der Waals surface area (Å²) >= 11 is 0. The third-order valence-corrected chi connectivity index (χ3v) is 3.29. The molecule has 0 saturated carbocycles. The molecule has 0 aromatic heterocycles. The highest BCUT2D eigenvalue weighted by molar-refractivity contribution is 5.83. The molecule has 0 aliphatic carbocycles. The first-order valence-corrected chi connectivity index (χ1v) is 6.01. The van der Waals surface area contributed by atoms with Crippen molar-refractivity contribution >= 4 is 11.9 Å². The minimum absolute atomic E-state index is 0.166. The van der Waals surface area contributed by atoms with Crippen molar-refractivity contribution in [2.24, 2.45) is 0 Å². The molecule has 2 aliphatic heterocycles. The number of aliphatic hydroxyl groups is 1. The molecule has 3 atom stereocenters. The molecule has 2 fully saturated rings. The molecule has 102 valence electrons. The van der Waals surface area contributed by atoms with E-state index in [9.17, 15) is 14.7 Å². The minimum Gasteiger partial charge on any atom is -0.479 e. The molecule has 1 unspecified atom stereocenters. The van der Waals surface area contributed by atoms with Crippen LogP contribution in [0, 0.1) is 0 Å². The zero-order chi connectivity index (χ0) is 13.1. The predicted molar refractivity (Wildman–Crippen MR) is 58.9 cm³/mol. The van der Waals surface area contributed by atoms with Crippen molar-refractivity contribution in [3.8, 4) is 0 Å². The number of carboxylic acid groups (broad SMARTS) is 1. The van der Waals surface area contributed by atoms with Gasteiger partial charge in [0.25, 0.3) is 5.91 Å². The molecule has 0 spiro atoms. The maximum absolute atomic E-state index is 12.2. The van der Waals surface area contributed by atoms with Crippen molar-refractivity contribution in [2.45, 2.75) is 31.1 Å². The Bertz CT molecular complexity index is 333. The van der Waals surface area contributed by atoms with Gasteiger partial charge in [-0.1, -0.05) is 0 Å². The summed E-state index contributed by atoms with van der Waals surface area (Å²) in [7, 11) is 0. The van der Waals surface area contributed by atoms with Crippen molar-refractivity contribution in [2.75, 3.05) is 26.4 Å².